The van der Waals surface area contributed by atoms with Gasteiger partial charge in [0.25, 0.3) is 0 Å². The summed E-state index contributed by atoms with van der Waals surface area (Å²) in [5.41, 5.74) is 1.18. The number of carbonyl (C=O) groups excluding carboxylic acids is 2. The van der Waals surface area contributed by atoms with Crippen molar-refractivity contribution in [2.24, 2.45) is 0 Å². The lowest BCUT2D eigenvalue weighted by Crippen LogP contribution is -2.67. The SMILES string of the molecule is C=CCN1CC[C@@]2(c3cccc(OC(C)=O)c3)C[C@H](NC(=O)C=Cc3ccoc3C)CC[C@]2(OC)C1. The Morgan fingerprint density at radius 2 is 2.14 bits per heavy atom. The molecule has 1 amide bonds. The number of piperidine rings is 1. The van der Waals surface area contributed by atoms with Crippen LogP contribution < -0.4 is 10.1 Å². The summed E-state index contributed by atoms with van der Waals surface area (Å²) in [5, 5.41) is 3.23. The lowest BCUT2D eigenvalue weighted by atomic mass is 9.55. The van der Waals surface area contributed by atoms with Gasteiger partial charge in [0.05, 0.1) is 11.9 Å². The van der Waals surface area contributed by atoms with Gasteiger partial charge in [-0.2, -0.15) is 0 Å². The number of hydrogen-bond acceptors (Lipinski definition) is 6. The number of aryl methyl sites for hydroxylation is 1. The standard InChI is InChI=1S/C29H36N2O5/c1-5-15-31-16-14-28(24-7-6-8-26(18-24)36-22(3)32)19-25(11-13-29(28,20-31)34-4)30-27(33)10-9-23-12-17-35-21(23)2/h5-10,12,17-18,25H,1,11,13-16,19-20H2,2-4H3,(H,30,33)/t25-,28+,29+/m1/s1. The molecule has 0 bridgehead atoms. The number of nitrogens with one attached hydrogen (secondary N) is 1. The predicted octanol–water partition coefficient (Wildman–Crippen LogP) is 4.41. The first-order valence-corrected chi connectivity index (χ1v) is 12.5. The first-order chi connectivity index (χ1) is 17.3. The van der Waals surface area contributed by atoms with Gasteiger partial charge >= 0.3 is 5.97 Å². The minimum Gasteiger partial charge on any atom is -0.469 e. The maximum Gasteiger partial charge on any atom is 0.308 e. The number of hydrogen-bond donors (Lipinski definition) is 1. The van der Waals surface area contributed by atoms with Crippen molar-refractivity contribution >= 4 is 18.0 Å². The van der Waals surface area contributed by atoms with E-state index in [1.807, 2.05) is 31.2 Å². The van der Waals surface area contributed by atoms with Gasteiger partial charge in [0.2, 0.25) is 5.91 Å². The number of nitrogens with zero attached hydrogens (tertiary/aromatic N) is 1. The summed E-state index contributed by atoms with van der Waals surface area (Å²) in [6.07, 6.45) is 10.1. The van der Waals surface area contributed by atoms with Crippen LogP contribution in [-0.4, -0.2) is 55.2 Å². The summed E-state index contributed by atoms with van der Waals surface area (Å²) >= 11 is 0. The molecule has 0 radical (unpaired) electrons. The van der Waals surface area contributed by atoms with Crippen molar-refractivity contribution < 1.29 is 23.5 Å². The summed E-state index contributed by atoms with van der Waals surface area (Å²) in [5.74, 6) is 0.826. The highest BCUT2D eigenvalue weighted by atomic mass is 16.5. The van der Waals surface area contributed by atoms with Crippen molar-refractivity contribution in [2.75, 3.05) is 26.7 Å². The van der Waals surface area contributed by atoms with E-state index in [1.54, 1.807) is 31.6 Å². The number of furan rings is 1. The maximum absolute atomic E-state index is 12.8. The number of esters is 1. The molecule has 7 nitrogen and oxygen atoms in total. The number of fused-ring (bicyclic) bond motifs is 1. The molecule has 1 aliphatic carbocycles. The van der Waals surface area contributed by atoms with Crippen molar-refractivity contribution in [3.05, 3.63) is 72.2 Å². The summed E-state index contributed by atoms with van der Waals surface area (Å²) in [6.45, 7) is 9.65. The smallest absolute Gasteiger partial charge is 0.308 e. The molecular formula is C29H36N2O5. The quantitative estimate of drug-likeness (QED) is 0.254. The van der Waals surface area contributed by atoms with E-state index >= 15 is 0 Å². The van der Waals surface area contributed by atoms with Crippen LogP contribution in [0.2, 0.25) is 0 Å². The highest BCUT2D eigenvalue weighted by Gasteiger charge is 2.58. The molecule has 2 aromatic rings. The van der Waals surface area contributed by atoms with Crippen molar-refractivity contribution in [2.45, 2.75) is 56.6 Å². The van der Waals surface area contributed by atoms with Crippen LogP contribution in [0.3, 0.4) is 0 Å². The Morgan fingerprint density at radius 3 is 2.83 bits per heavy atom. The van der Waals surface area contributed by atoms with Gasteiger partial charge in [0, 0.05) is 50.2 Å². The van der Waals surface area contributed by atoms with Gasteiger partial charge < -0.3 is 19.2 Å². The Kier molecular flexibility index (Phi) is 7.81. The molecule has 1 aromatic carbocycles. The average Bonchev–Trinajstić information content (AvgIpc) is 3.27. The minimum absolute atomic E-state index is 0.0146. The Labute approximate surface area is 213 Å². The number of methoxy groups -OCH3 is 1. The van der Waals surface area contributed by atoms with Crippen LogP contribution in [0.15, 0.2) is 59.7 Å². The molecule has 0 unspecified atom stereocenters. The molecule has 0 spiro atoms. The van der Waals surface area contributed by atoms with Gasteiger partial charge in [-0.1, -0.05) is 18.2 Å². The molecule has 1 saturated carbocycles. The zero-order valence-corrected chi connectivity index (χ0v) is 21.4. The monoisotopic (exact) mass is 492 g/mol. The van der Waals surface area contributed by atoms with Gasteiger partial charge in [-0.25, -0.2) is 0 Å². The third kappa shape index (κ3) is 5.18. The van der Waals surface area contributed by atoms with E-state index in [0.717, 1.165) is 62.2 Å². The van der Waals surface area contributed by atoms with Crippen LogP contribution in [0.4, 0.5) is 0 Å². The molecule has 36 heavy (non-hydrogen) atoms. The summed E-state index contributed by atoms with van der Waals surface area (Å²) in [4.78, 5) is 26.9. The fourth-order valence-electron chi connectivity index (χ4n) is 6.06. The summed E-state index contributed by atoms with van der Waals surface area (Å²) < 4.78 is 17.1. The van der Waals surface area contributed by atoms with Crippen LogP contribution in [0.5, 0.6) is 5.75 Å². The van der Waals surface area contributed by atoms with Gasteiger partial charge in [0.1, 0.15) is 11.5 Å². The topological polar surface area (TPSA) is 81.0 Å². The molecule has 1 aromatic heterocycles. The van der Waals surface area contributed by atoms with Crippen molar-refractivity contribution in [3.63, 3.8) is 0 Å². The van der Waals surface area contributed by atoms with Gasteiger partial charge in [0.15, 0.2) is 0 Å². The zero-order valence-electron chi connectivity index (χ0n) is 21.4. The average molecular weight is 493 g/mol. The molecule has 3 atom stereocenters. The molecule has 1 saturated heterocycles. The predicted molar refractivity (Wildman–Crippen MR) is 139 cm³/mol. The zero-order chi connectivity index (χ0) is 25.8. The molecule has 2 aliphatic rings. The van der Waals surface area contributed by atoms with E-state index in [0.29, 0.717) is 5.75 Å². The minimum atomic E-state index is -0.436. The molecular weight excluding hydrogens is 456 g/mol. The van der Waals surface area contributed by atoms with Crippen LogP contribution >= 0.6 is 0 Å². The molecule has 192 valence electrons. The second-order valence-corrected chi connectivity index (χ2v) is 9.89. The molecule has 2 fully saturated rings. The molecule has 7 heteroatoms. The number of likely N-dealkylation sites (tertiary alicyclic amines) is 1. The van der Waals surface area contributed by atoms with E-state index in [2.05, 4.69) is 22.9 Å². The van der Waals surface area contributed by atoms with Crippen LogP contribution in [0.1, 0.15) is 49.5 Å². The van der Waals surface area contributed by atoms with E-state index < -0.39 is 5.60 Å². The Balaban J connectivity index is 1.63. The third-order valence-electron chi connectivity index (χ3n) is 7.78. The first kappa shape index (κ1) is 25.9. The molecule has 1 aliphatic heterocycles. The molecule has 2 heterocycles. The van der Waals surface area contributed by atoms with Crippen LogP contribution in [-0.2, 0) is 19.7 Å². The van der Waals surface area contributed by atoms with Gasteiger partial charge in [-0.15, -0.1) is 6.58 Å². The maximum atomic E-state index is 12.8. The van der Waals surface area contributed by atoms with Crippen molar-refractivity contribution in [3.8, 4) is 5.75 Å². The normalized spacial score (nSPS) is 26.4. The fourth-order valence-corrected chi connectivity index (χ4v) is 6.06. The van der Waals surface area contributed by atoms with Crippen LogP contribution in [0.25, 0.3) is 6.08 Å². The van der Waals surface area contributed by atoms with Crippen molar-refractivity contribution in [1.82, 2.24) is 10.2 Å². The van der Waals surface area contributed by atoms with Crippen molar-refractivity contribution in [1.29, 1.82) is 0 Å². The van der Waals surface area contributed by atoms with E-state index in [9.17, 15) is 9.59 Å². The molecule has 4 rings (SSSR count). The number of ether oxygens (including phenoxy) is 2. The largest absolute Gasteiger partial charge is 0.469 e. The third-order valence-corrected chi connectivity index (χ3v) is 7.78. The Hall–Kier alpha value is -3.16. The second-order valence-electron chi connectivity index (χ2n) is 9.89. The Bertz CT molecular complexity index is 1140. The van der Waals surface area contributed by atoms with Gasteiger partial charge in [-0.3, -0.25) is 14.5 Å². The number of amides is 1. The second kappa shape index (κ2) is 10.8. The van der Waals surface area contributed by atoms with Gasteiger partial charge in [-0.05, 0) is 69.0 Å². The summed E-state index contributed by atoms with van der Waals surface area (Å²) in [6, 6.07) is 9.61. The highest BCUT2D eigenvalue weighted by molar-refractivity contribution is 5.92. The summed E-state index contributed by atoms with van der Waals surface area (Å²) in [7, 11) is 1.79. The van der Waals surface area contributed by atoms with E-state index in [-0.39, 0.29) is 23.3 Å². The first-order valence-electron chi connectivity index (χ1n) is 12.5. The fraction of sp³-hybridized carbons (Fsp3) is 0.448. The van der Waals surface area contributed by atoms with Crippen LogP contribution in [0, 0.1) is 6.92 Å². The lowest BCUT2D eigenvalue weighted by molar-refractivity contribution is -0.149. The molecule has 1 N–H and O–H groups in total. The van der Waals surface area contributed by atoms with E-state index in [4.69, 9.17) is 13.9 Å². The van der Waals surface area contributed by atoms with E-state index in [1.165, 1.54) is 6.92 Å². The lowest BCUT2D eigenvalue weighted by Gasteiger charge is -2.59. The number of carbonyl (C=O) groups is 2. The number of benzene rings is 1. The Morgan fingerprint density at radius 1 is 1.31 bits per heavy atom. The highest BCUT2D eigenvalue weighted by Crippen LogP contribution is 2.53. The number of rotatable bonds is 8.